The highest BCUT2D eigenvalue weighted by Crippen LogP contribution is 2.27. The average Bonchev–Trinajstić information content (AvgIpc) is 2.59. The Hall–Kier alpha value is -1.23. The summed E-state index contributed by atoms with van der Waals surface area (Å²) in [4.78, 5) is 11.1. The first-order valence-corrected chi connectivity index (χ1v) is 9.97. The van der Waals surface area contributed by atoms with Crippen LogP contribution < -0.4 is 0 Å². The maximum Gasteiger partial charge on any atom is 0.132 e. The van der Waals surface area contributed by atoms with Crippen molar-refractivity contribution in [3.8, 4) is 0 Å². The number of benzene rings is 1. The van der Waals surface area contributed by atoms with Gasteiger partial charge in [0.15, 0.2) is 0 Å². The number of hydrogen-bond donors (Lipinski definition) is 1. The minimum absolute atomic E-state index is 0.0361. The van der Waals surface area contributed by atoms with Crippen molar-refractivity contribution in [2.75, 3.05) is 6.61 Å². The molecule has 1 saturated heterocycles. The van der Waals surface area contributed by atoms with Gasteiger partial charge in [0.05, 0.1) is 24.9 Å². The van der Waals surface area contributed by atoms with Crippen LogP contribution in [0.3, 0.4) is 0 Å². The molecule has 1 aliphatic rings. The number of hydrogen-bond acceptors (Lipinski definition) is 4. The lowest BCUT2D eigenvalue weighted by atomic mass is 9.92. The van der Waals surface area contributed by atoms with E-state index < -0.39 is 6.10 Å². The zero-order chi connectivity index (χ0) is 18.8. The molecule has 1 aliphatic heterocycles. The summed E-state index contributed by atoms with van der Waals surface area (Å²) in [7, 11) is 0. The summed E-state index contributed by atoms with van der Waals surface area (Å²) in [6, 6.07) is 10.2. The standard InChI is InChI=1S/C22H34O4/c1-17(11-12-25-16-19-7-4-3-5-8-19)13-21-9-6-10-22(26-21)15-20(24)14-18(2)23/h3-5,7-8,17,20-22,24H,6,9-16H2,1-2H3/t17-,20-,21-,22+/m0/s1. The van der Waals surface area contributed by atoms with Gasteiger partial charge in [-0.25, -0.2) is 0 Å². The van der Waals surface area contributed by atoms with Crippen molar-refractivity contribution in [3.05, 3.63) is 35.9 Å². The predicted octanol–water partition coefficient (Wildman–Crippen LogP) is 4.29. The van der Waals surface area contributed by atoms with Crippen LogP contribution in [0.15, 0.2) is 30.3 Å². The first-order valence-electron chi connectivity index (χ1n) is 9.97. The van der Waals surface area contributed by atoms with Gasteiger partial charge >= 0.3 is 0 Å². The molecule has 0 amide bonds. The fraction of sp³-hybridized carbons (Fsp3) is 0.682. The van der Waals surface area contributed by atoms with E-state index in [0.29, 0.717) is 18.9 Å². The molecule has 0 aromatic heterocycles. The lowest BCUT2D eigenvalue weighted by molar-refractivity contribution is -0.120. The second-order valence-electron chi connectivity index (χ2n) is 7.77. The van der Waals surface area contributed by atoms with Crippen LogP contribution in [0.2, 0.25) is 0 Å². The molecule has 1 N–H and O–H groups in total. The fourth-order valence-electron chi connectivity index (χ4n) is 3.66. The third-order valence-corrected chi connectivity index (χ3v) is 5.03. The summed E-state index contributed by atoms with van der Waals surface area (Å²) in [5.41, 5.74) is 1.21. The van der Waals surface area contributed by atoms with E-state index in [2.05, 4.69) is 19.1 Å². The first-order chi connectivity index (χ1) is 12.5. The molecule has 0 spiro atoms. The Morgan fingerprint density at radius 2 is 1.92 bits per heavy atom. The molecule has 0 unspecified atom stereocenters. The highest BCUT2D eigenvalue weighted by atomic mass is 16.5. The number of Topliss-reactive ketones (excluding diaryl/α,β-unsaturated/α-hetero) is 1. The molecule has 4 heteroatoms. The van der Waals surface area contributed by atoms with Gasteiger partial charge in [-0.1, -0.05) is 37.3 Å². The molecule has 26 heavy (non-hydrogen) atoms. The predicted molar refractivity (Wildman–Crippen MR) is 103 cm³/mol. The molecular formula is C22H34O4. The van der Waals surface area contributed by atoms with Gasteiger partial charge in [0, 0.05) is 13.0 Å². The molecule has 4 atom stereocenters. The molecule has 1 heterocycles. The van der Waals surface area contributed by atoms with Crippen molar-refractivity contribution in [1.82, 2.24) is 0 Å². The largest absolute Gasteiger partial charge is 0.393 e. The second kappa shape index (κ2) is 11.5. The minimum atomic E-state index is -0.569. The molecule has 0 saturated carbocycles. The maximum atomic E-state index is 11.1. The Morgan fingerprint density at radius 1 is 1.23 bits per heavy atom. The Bertz CT molecular complexity index is 516. The third kappa shape index (κ3) is 8.43. The summed E-state index contributed by atoms with van der Waals surface area (Å²) in [5.74, 6) is 0.589. The van der Waals surface area contributed by atoms with E-state index in [0.717, 1.165) is 38.7 Å². The lowest BCUT2D eigenvalue weighted by Gasteiger charge is -2.32. The minimum Gasteiger partial charge on any atom is -0.393 e. The Morgan fingerprint density at radius 3 is 2.62 bits per heavy atom. The number of carbonyl (C=O) groups excluding carboxylic acids is 1. The van der Waals surface area contributed by atoms with Crippen molar-refractivity contribution in [3.63, 3.8) is 0 Å². The van der Waals surface area contributed by atoms with E-state index in [9.17, 15) is 9.90 Å². The maximum absolute atomic E-state index is 11.1. The lowest BCUT2D eigenvalue weighted by Crippen LogP contribution is -2.32. The number of aliphatic hydroxyl groups excluding tert-OH is 1. The van der Waals surface area contributed by atoms with Crippen molar-refractivity contribution in [2.24, 2.45) is 5.92 Å². The number of ketones is 1. The summed E-state index contributed by atoms with van der Waals surface area (Å²) >= 11 is 0. The van der Waals surface area contributed by atoms with Crippen molar-refractivity contribution < 1.29 is 19.4 Å². The van der Waals surface area contributed by atoms with Crippen LogP contribution in [0, 0.1) is 5.92 Å². The van der Waals surface area contributed by atoms with Crippen LogP contribution in [-0.4, -0.2) is 35.8 Å². The zero-order valence-electron chi connectivity index (χ0n) is 16.2. The van der Waals surface area contributed by atoms with Gasteiger partial charge in [-0.05, 0) is 56.9 Å². The Kier molecular flexibility index (Phi) is 9.30. The summed E-state index contributed by atoms with van der Waals surface area (Å²) in [6.45, 7) is 5.21. The zero-order valence-corrected chi connectivity index (χ0v) is 16.2. The molecule has 2 rings (SSSR count). The van der Waals surface area contributed by atoms with Gasteiger partial charge < -0.3 is 14.6 Å². The van der Waals surface area contributed by atoms with Crippen LogP contribution in [-0.2, 0) is 20.9 Å². The van der Waals surface area contributed by atoms with Gasteiger partial charge in [0.1, 0.15) is 5.78 Å². The van der Waals surface area contributed by atoms with Crippen LogP contribution >= 0.6 is 0 Å². The number of aliphatic hydroxyl groups is 1. The van der Waals surface area contributed by atoms with E-state index in [4.69, 9.17) is 9.47 Å². The quantitative estimate of drug-likeness (QED) is 0.597. The Labute approximate surface area is 157 Å². The molecule has 1 aromatic rings. The van der Waals surface area contributed by atoms with Crippen molar-refractivity contribution >= 4 is 5.78 Å². The number of rotatable bonds is 11. The molecule has 0 bridgehead atoms. The van der Waals surface area contributed by atoms with E-state index in [1.807, 2.05) is 18.2 Å². The molecule has 0 aliphatic carbocycles. The topological polar surface area (TPSA) is 55.8 Å². The van der Waals surface area contributed by atoms with Gasteiger partial charge in [0.2, 0.25) is 0 Å². The fourth-order valence-corrected chi connectivity index (χ4v) is 3.66. The van der Waals surface area contributed by atoms with Crippen LogP contribution in [0.5, 0.6) is 0 Å². The highest BCUT2D eigenvalue weighted by molar-refractivity contribution is 5.75. The monoisotopic (exact) mass is 362 g/mol. The molecular weight excluding hydrogens is 328 g/mol. The van der Waals surface area contributed by atoms with Crippen molar-refractivity contribution in [2.45, 2.75) is 83.7 Å². The molecule has 4 nitrogen and oxygen atoms in total. The summed E-state index contributed by atoms with van der Waals surface area (Å²) < 4.78 is 12.0. The molecule has 146 valence electrons. The Balaban J connectivity index is 1.61. The van der Waals surface area contributed by atoms with E-state index >= 15 is 0 Å². The SMILES string of the molecule is CC(=O)C[C@H](O)C[C@H]1CCC[C@@H](C[C@@H](C)CCOCc2ccccc2)O1. The smallest absolute Gasteiger partial charge is 0.132 e. The van der Waals surface area contributed by atoms with E-state index in [1.54, 1.807) is 0 Å². The molecule has 0 radical (unpaired) electrons. The van der Waals surface area contributed by atoms with Crippen molar-refractivity contribution in [1.29, 1.82) is 0 Å². The van der Waals surface area contributed by atoms with Crippen LogP contribution in [0.4, 0.5) is 0 Å². The van der Waals surface area contributed by atoms with Gasteiger partial charge in [-0.2, -0.15) is 0 Å². The second-order valence-corrected chi connectivity index (χ2v) is 7.77. The first kappa shape index (κ1) is 21.1. The molecule has 1 aromatic carbocycles. The van der Waals surface area contributed by atoms with Crippen LogP contribution in [0.25, 0.3) is 0 Å². The van der Waals surface area contributed by atoms with Gasteiger partial charge in [-0.3, -0.25) is 4.79 Å². The van der Waals surface area contributed by atoms with E-state index in [-0.39, 0.29) is 24.4 Å². The number of carbonyl (C=O) groups is 1. The normalized spacial score (nSPS) is 22.7. The third-order valence-electron chi connectivity index (χ3n) is 5.03. The highest BCUT2D eigenvalue weighted by Gasteiger charge is 2.26. The van der Waals surface area contributed by atoms with Gasteiger partial charge in [-0.15, -0.1) is 0 Å². The summed E-state index contributed by atoms with van der Waals surface area (Å²) in [6.07, 6.45) is 5.88. The van der Waals surface area contributed by atoms with Crippen LogP contribution in [0.1, 0.15) is 64.4 Å². The average molecular weight is 363 g/mol. The van der Waals surface area contributed by atoms with Gasteiger partial charge in [0.25, 0.3) is 0 Å². The molecule has 1 fully saturated rings. The number of ether oxygens (including phenoxy) is 2. The summed E-state index contributed by atoms with van der Waals surface area (Å²) in [5, 5.41) is 9.96. The van der Waals surface area contributed by atoms with E-state index in [1.165, 1.54) is 12.5 Å².